The van der Waals surface area contributed by atoms with Crippen LogP contribution in [0.25, 0.3) is 0 Å². The fourth-order valence-electron chi connectivity index (χ4n) is 2.35. The zero-order valence-corrected chi connectivity index (χ0v) is 14.8. The monoisotopic (exact) mass is 286 g/mol. The van der Waals surface area contributed by atoms with Gasteiger partial charge in [-0.1, -0.05) is 51.9 Å². The van der Waals surface area contributed by atoms with Gasteiger partial charge in [0.25, 0.3) is 0 Å². The maximum atomic E-state index is 11.3. The molecule has 0 radical (unpaired) electrons. The molecule has 0 aromatic rings. The minimum absolute atomic E-state index is 0.166. The van der Waals surface area contributed by atoms with Gasteiger partial charge in [-0.15, -0.1) is 0 Å². The number of hydrogen-bond acceptors (Lipinski definition) is 2. The Balaban J connectivity index is 3.77. The zero-order valence-electron chi connectivity index (χ0n) is 13.8. The molecule has 0 heterocycles. The molecule has 0 saturated heterocycles. The van der Waals surface area contributed by atoms with Crippen molar-refractivity contribution in [2.24, 2.45) is 0 Å². The molecule has 1 unspecified atom stereocenters. The Labute approximate surface area is 121 Å². The molecule has 0 aromatic heterocycles. The lowest BCUT2D eigenvalue weighted by atomic mass is 10.0. The highest BCUT2D eigenvalue weighted by molar-refractivity contribution is 6.69. The Morgan fingerprint density at radius 1 is 1.00 bits per heavy atom. The number of carbonyl (C=O) groups is 1. The van der Waals surface area contributed by atoms with E-state index in [9.17, 15) is 4.79 Å². The van der Waals surface area contributed by atoms with Crippen LogP contribution in [-0.4, -0.2) is 20.2 Å². The number of hydrogen-bond donors (Lipinski definition) is 0. The lowest BCUT2D eigenvalue weighted by Gasteiger charge is -2.25. The van der Waals surface area contributed by atoms with Crippen LogP contribution in [-0.2, 0) is 9.22 Å². The molecule has 0 spiro atoms. The van der Waals surface area contributed by atoms with E-state index >= 15 is 0 Å². The van der Waals surface area contributed by atoms with E-state index in [1.54, 1.807) is 6.92 Å². The van der Waals surface area contributed by atoms with Crippen LogP contribution in [0.15, 0.2) is 0 Å². The van der Waals surface area contributed by atoms with E-state index in [4.69, 9.17) is 4.43 Å². The summed E-state index contributed by atoms with van der Waals surface area (Å²) in [6.07, 6.45) is 11.0. The van der Waals surface area contributed by atoms with Gasteiger partial charge >= 0.3 is 0 Å². The Bertz CT molecular complexity index is 233. The van der Waals surface area contributed by atoms with Crippen molar-refractivity contribution < 1.29 is 9.22 Å². The van der Waals surface area contributed by atoms with Crippen LogP contribution < -0.4 is 0 Å². The lowest BCUT2D eigenvalue weighted by molar-refractivity contribution is -0.118. The number of ketones is 1. The predicted molar refractivity (Wildman–Crippen MR) is 86.1 cm³/mol. The molecular weight excluding hydrogens is 252 g/mol. The second-order valence-corrected chi connectivity index (χ2v) is 11.1. The fourth-order valence-corrected chi connectivity index (χ4v) is 3.55. The van der Waals surface area contributed by atoms with E-state index in [-0.39, 0.29) is 11.9 Å². The van der Waals surface area contributed by atoms with Crippen molar-refractivity contribution in [3.63, 3.8) is 0 Å². The van der Waals surface area contributed by atoms with Gasteiger partial charge < -0.3 is 4.43 Å². The number of carbonyl (C=O) groups excluding carboxylic acids is 1. The van der Waals surface area contributed by atoms with Crippen molar-refractivity contribution in [1.82, 2.24) is 0 Å². The van der Waals surface area contributed by atoms with Crippen molar-refractivity contribution in [3.05, 3.63) is 0 Å². The molecule has 0 fully saturated rings. The molecule has 0 bridgehead atoms. The first kappa shape index (κ1) is 18.8. The largest absolute Gasteiger partial charge is 0.414 e. The van der Waals surface area contributed by atoms with Gasteiger partial charge in [0.15, 0.2) is 8.32 Å². The van der Waals surface area contributed by atoms with Crippen LogP contribution in [0.4, 0.5) is 0 Å². The van der Waals surface area contributed by atoms with E-state index in [1.165, 1.54) is 44.9 Å². The molecule has 3 heteroatoms. The molecule has 0 rings (SSSR count). The second-order valence-electron chi connectivity index (χ2n) is 6.67. The van der Waals surface area contributed by atoms with E-state index in [1.807, 2.05) is 0 Å². The zero-order chi connectivity index (χ0) is 14.7. The summed E-state index contributed by atoms with van der Waals surface area (Å²) in [5.41, 5.74) is 0. The van der Waals surface area contributed by atoms with Crippen LogP contribution in [0.2, 0.25) is 19.6 Å². The Morgan fingerprint density at radius 2 is 1.53 bits per heavy atom. The molecule has 0 aliphatic carbocycles. The minimum Gasteiger partial charge on any atom is -0.414 e. The lowest BCUT2D eigenvalue weighted by Crippen LogP contribution is -2.33. The third kappa shape index (κ3) is 14.1. The van der Waals surface area contributed by atoms with Gasteiger partial charge in [-0.2, -0.15) is 0 Å². The molecular formula is C16H34O2Si. The second kappa shape index (κ2) is 10.6. The fraction of sp³-hybridized carbons (Fsp3) is 0.938. The van der Waals surface area contributed by atoms with Crippen LogP contribution in [0.5, 0.6) is 0 Å². The summed E-state index contributed by atoms with van der Waals surface area (Å²) in [5, 5.41) is 0. The summed E-state index contributed by atoms with van der Waals surface area (Å²) in [7, 11) is -1.53. The van der Waals surface area contributed by atoms with Gasteiger partial charge in [-0.05, 0) is 33.0 Å². The van der Waals surface area contributed by atoms with Crippen LogP contribution in [0, 0.1) is 0 Å². The summed E-state index contributed by atoms with van der Waals surface area (Å²) >= 11 is 0. The van der Waals surface area contributed by atoms with E-state index in [0.717, 1.165) is 6.42 Å². The molecule has 19 heavy (non-hydrogen) atoms. The smallest absolute Gasteiger partial charge is 0.184 e. The average Bonchev–Trinajstić information content (AvgIpc) is 2.24. The third-order valence-electron chi connectivity index (χ3n) is 3.17. The van der Waals surface area contributed by atoms with Gasteiger partial charge in [0.2, 0.25) is 0 Å². The maximum absolute atomic E-state index is 11.3. The molecule has 1 atom stereocenters. The van der Waals surface area contributed by atoms with Crippen LogP contribution in [0.3, 0.4) is 0 Å². The van der Waals surface area contributed by atoms with Gasteiger partial charge in [0, 0.05) is 6.42 Å². The van der Waals surface area contributed by atoms with Crippen molar-refractivity contribution in [2.75, 3.05) is 0 Å². The Morgan fingerprint density at radius 3 is 2.00 bits per heavy atom. The molecule has 0 aromatic carbocycles. The summed E-state index contributed by atoms with van der Waals surface area (Å²) in [5.74, 6) is 0.256. The highest BCUT2D eigenvalue weighted by atomic mass is 28.4. The molecule has 0 aliphatic rings. The number of unbranched alkanes of at least 4 members (excludes halogenated alkanes) is 6. The minimum atomic E-state index is -1.53. The summed E-state index contributed by atoms with van der Waals surface area (Å²) < 4.78 is 6.11. The van der Waals surface area contributed by atoms with E-state index in [0.29, 0.717) is 6.42 Å². The molecule has 0 amide bonds. The first-order valence-electron chi connectivity index (χ1n) is 8.02. The first-order valence-corrected chi connectivity index (χ1v) is 11.4. The summed E-state index contributed by atoms with van der Waals surface area (Å²) in [6.45, 7) is 10.5. The number of Topliss-reactive ketones (excluding diaryl/α,β-unsaturated/α-hetero) is 1. The normalized spacial score (nSPS) is 13.5. The first-order chi connectivity index (χ1) is 8.85. The van der Waals surface area contributed by atoms with Gasteiger partial charge in [-0.25, -0.2) is 0 Å². The Hall–Kier alpha value is -0.153. The highest BCUT2D eigenvalue weighted by Gasteiger charge is 2.21. The molecule has 114 valence electrons. The average molecular weight is 287 g/mol. The number of rotatable bonds is 12. The predicted octanol–water partition coefficient (Wildman–Crippen LogP) is 5.33. The SMILES string of the molecule is CCCCCCCCCC(CC(C)=O)O[Si](C)(C)C. The van der Waals surface area contributed by atoms with E-state index < -0.39 is 8.32 Å². The van der Waals surface area contributed by atoms with Crippen LogP contribution in [0.1, 0.15) is 71.6 Å². The molecule has 0 aliphatic heterocycles. The molecule has 2 nitrogen and oxygen atoms in total. The van der Waals surface area contributed by atoms with Crippen molar-refractivity contribution in [1.29, 1.82) is 0 Å². The van der Waals surface area contributed by atoms with Crippen molar-refractivity contribution >= 4 is 14.1 Å². The van der Waals surface area contributed by atoms with Crippen molar-refractivity contribution in [3.8, 4) is 0 Å². The maximum Gasteiger partial charge on any atom is 0.184 e. The standard InChI is InChI=1S/C16H34O2Si/c1-6-7-8-9-10-11-12-13-16(14-15(2)17)18-19(3,4)5/h16H,6-14H2,1-5H3. The highest BCUT2D eigenvalue weighted by Crippen LogP contribution is 2.17. The molecule has 0 saturated carbocycles. The Kier molecular flexibility index (Phi) is 10.5. The summed E-state index contributed by atoms with van der Waals surface area (Å²) in [6, 6.07) is 0. The van der Waals surface area contributed by atoms with E-state index in [2.05, 4.69) is 26.6 Å². The van der Waals surface area contributed by atoms with Gasteiger partial charge in [-0.3, -0.25) is 4.79 Å². The van der Waals surface area contributed by atoms with Crippen molar-refractivity contribution in [2.45, 2.75) is 97.4 Å². The summed E-state index contributed by atoms with van der Waals surface area (Å²) in [4.78, 5) is 11.3. The molecule has 0 N–H and O–H groups in total. The third-order valence-corrected chi connectivity index (χ3v) is 4.21. The quantitative estimate of drug-likeness (QED) is 0.358. The van der Waals surface area contributed by atoms with Gasteiger partial charge in [0.1, 0.15) is 5.78 Å². The van der Waals surface area contributed by atoms with Crippen LogP contribution >= 0.6 is 0 Å². The van der Waals surface area contributed by atoms with Gasteiger partial charge in [0.05, 0.1) is 6.10 Å². The topological polar surface area (TPSA) is 26.3 Å².